The van der Waals surface area contributed by atoms with Gasteiger partial charge in [0, 0.05) is 17.6 Å². The molecule has 0 saturated carbocycles. The van der Waals surface area contributed by atoms with Crippen LogP contribution in [-0.2, 0) is 9.84 Å². The fraction of sp³-hybridized carbons (Fsp3) is 0.200. The number of halogens is 1. The fourth-order valence-corrected chi connectivity index (χ4v) is 3.19. The normalized spacial score (nSPS) is 17.3. The minimum absolute atomic E-state index is 0.00838. The van der Waals surface area contributed by atoms with Crippen molar-refractivity contribution in [3.63, 3.8) is 0 Å². The van der Waals surface area contributed by atoms with Crippen LogP contribution in [0.2, 0.25) is 0 Å². The maximum absolute atomic E-state index is 13.4. The molecule has 0 aromatic heterocycles. The Morgan fingerprint density at radius 2 is 2.07 bits per heavy atom. The zero-order valence-corrected chi connectivity index (χ0v) is 8.59. The lowest BCUT2D eigenvalue weighted by molar-refractivity contribution is 0.305. The number of hydrogen-bond acceptors (Lipinski definition) is 3. The molecule has 0 spiro atoms. The lowest BCUT2D eigenvalue weighted by Crippen LogP contribution is -1.95. The summed E-state index contributed by atoms with van der Waals surface area (Å²) in [5, 5.41) is 9.78. The van der Waals surface area contributed by atoms with Crippen molar-refractivity contribution in [1.82, 2.24) is 0 Å². The lowest BCUT2D eigenvalue weighted by atomic mass is 10.0. The molecule has 0 radical (unpaired) electrons. The van der Waals surface area contributed by atoms with Gasteiger partial charge in [-0.05, 0) is 24.1 Å². The van der Waals surface area contributed by atoms with Crippen molar-refractivity contribution in [2.24, 2.45) is 0 Å². The SMILES string of the molecule is O=S1(=O)C=C(CCO)c2c(F)cccc21. The maximum atomic E-state index is 13.4. The Balaban J connectivity index is 2.69. The van der Waals surface area contributed by atoms with E-state index in [-0.39, 0.29) is 23.5 Å². The van der Waals surface area contributed by atoms with Gasteiger partial charge in [0.15, 0.2) is 0 Å². The molecule has 0 unspecified atom stereocenters. The highest BCUT2D eigenvalue weighted by Gasteiger charge is 2.28. The van der Waals surface area contributed by atoms with Gasteiger partial charge in [0.2, 0.25) is 9.84 Å². The second-order valence-corrected chi connectivity index (χ2v) is 5.04. The molecule has 1 aliphatic heterocycles. The molecule has 0 saturated heterocycles. The average molecular weight is 228 g/mol. The fourth-order valence-electron chi connectivity index (χ4n) is 1.67. The third-order valence-corrected chi connectivity index (χ3v) is 3.83. The zero-order chi connectivity index (χ0) is 11.1. The van der Waals surface area contributed by atoms with Gasteiger partial charge in [-0.15, -0.1) is 0 Å². The number of hydrogen-bond donors (Lipinski definition) is 1. The molecule has 0 bridgehead atoms. The van der Waals surface area contributed by atoms with Crippen LogP contribution in [0, 0.1) is 5.82 Å². The molecule has 5 heteroatoms. The van der Waals surface area contributed by atoms with E-state index in [1.54, 1.807) is 0 Å². The first kappa shape index (κ1) is 10.3. The van der Waals surface area contributed by atoms with Gasteiger partial charge < -0.3 is 5.11 Å². The van der Waals surface area contributed by atoms with Crippen LogP contribution in [-0.4, -0.2) is 20.1 Å². The van der Waals surface area contributed by atoms with Crippen LogP contribution < -0.4 is 0 Å². The van der Waals surface area contributed by atoms with Crippen LogP contribution >= 0.6 is 0 Å². The average Bonchev–Trinajstić information content (AvgIpc) is 2.41. The zero-order valence-electron chi connectivity index (χ0n) is 7.77. The maximum Gasteiger partial charge on any atom is 0.200 e. The van der Waals surface area contributed by atoms with Crippen molar-refractivity contribution in [3.8, 4) is 0 Å². The van der Waals surface area contributed by atoms with E-state index < -0.39 is 15.7 Å². The summed E-state index contributed by atoms with van der Waals surface area (Å²) in [7, 11) is -3.51. The van der Waals surface area contributed by atoms with Gasteiger partial charge in [-0.1, -0.05) is 6.07 Å². The largest absolute Gasteiger partial charge is 0.396 e. The molecule has 1 aliphatic rings. The Labute approximate surface area is 86.8 Å². The summed E-state index contributed by atoms with van der Waals surface area (Å²) in [4.78, 5) is -0.00838. The highest BCUT2D eigenvalue weighted by Crippen LogP contribution is 2.36. The van der Waals surface area contributed by atoms with Gasteiger partial charge in [0.25, 0.3) is 0 Å². The Morgan fingerprint density at radius 1 is 1.33 bits per heavy atom. The topological polar surface area (TPSA) is 54.4 Å². The van der Waals surface area contributed by atoms with Crippen LogP contribution in [0.5, 0.6) is 0 Å². The molecule has 15 heavy (non-hydrogen) atoms. The van der Waals surface area contributed by atoms with Crippen molar-refractivity contribution >= 4 is 15.4 Å². The number of benzene rings is 1. The second-order valence-electron chi connectivity index (χ2n) is 3.27. The van der Waals surface area contributed by atoms with Crippen molar-refractivity contribution in [2.45, 2.75) is 11.3 Å². The summed E-state index contributed by atoms with van der Waals surface area (Å²) in [5.41, 5.74) is 0.442. The lowest BCUT2D eigenvalue weighted by Gasteiger charge is -2.03. The molecule has 1 N–H and O–H groups in total. The van der Waals surface area contributed by atoms with Crippen LogP contribution in [0.25, 0.3) is 5.57 Å². The van der Waals surface area contributed by atoms with E-state index in [0.717, 1.165) is 5.41 Å². The molecule has 0 fully saturated rings. The summed E-state index contributed by atoms with van der Waals surface area (Å²) in [5.74, 6) is -0.562. The van der Waals surface area contributed by atoms with E-state index in [2.05, 4.69) is 0 Å². The molecular formula is C10H9FO3S. The smallest absolute Gasteiger partial charge is 0.200 e. The molecule has 2 rings (SSSR count). The first-order valence-corrected chi connectivity index (χ1v) is 5.96. The highest BCUT2D eigenvalue weighted by atomic mass is 32.2. The Hall–Kier alpha value is -1.20. The minimum atomic E-state index is -3.51. The van der Waals surface area contributed by atoms with E-state index in [4.69, 9.17) is 5.11 Å². The third kappa shape index (κ3) is 1.57. The summed E-state index contributed by atoms with van der Waals surface area (Å²) in [6, 6.07) is 3.95. The minimum Gasteiger partial charge on any atom is -0.396 e. The van der Waals surface area contributed by atoms with E-state index in [9.17, 15) is 12.8 Å². The molecular weight excluding hydrogens is 219 g/mol. The van der Waals surface area contributed by atoms with E-state index in [1.165, 1.54) is 18.2 Å². The van der Waals surface area contributed by atoms with Gasteiger partial charge in [-0.2, -0.15) is 0 Å². The van der Waals surface area contributed by atoms with E-state index in [1.807, 2.05) is 0 Å². The van der Waals surface area contributed by atoms with Gasteiger partial charge in [0.05, 0.1) is 4.90 Å². The van der Waals surface area contributed by atoms with Gasteiger partial charge in [-0.25, -0.2) is 12.8 Å². The quantitative estimate of drug-likeness (QED) is 0.831. The highest BCUT2D eigenvalue weighted by molar-refractivity contribution is 7.95. The monoisotopic (exact) mass is 228 g/mol. The van der Waals surface area contributed by atoms with Crippen molar-refractivity contribution < 1.29 is 17.9 Å². The first-order chi connectivity index (χ1) is 7.06. The molecule has 1 aromatic carbocycles. The summed E-state index contributed by atoms with van der Waals surface area (Å²) < 4.78 is 36.6. The molecule has 0 atom stereocenters. The second kappa shape index (κ2) is 3.43. The molecule has 0 amide bonds. The van der Waals surface area contributed by atoms with Gasteiger partial charge in [0.1, 0.15) is 5.82 Å². The van der Waals surface area contributed by atoms with Crippen molar-refractivity contribution in [2.75, 3.05) is 6.61 Å². The van der Waals surface area contributed by atoms with E-state index in [0.29, 0.717) is 5.57 Å². The predicted octanol–water partition coefficient (Wildman–Crippen LogP) is 1.34. The Morgan fingerprint density at radius 3 is 2.73 bits per heavy atom. The summed E-state index contributed by atoms with van der Waals surface area (Å²) in [6.45, 7) is -0.199. The van der Waals surface area contributed by atoms with Crippen LogP contribution in [0.15, 0.2) is 28.5 Å². The predicted molar refractivity (Wildman–Crippen MR) is 53.3 cm³/mol. The van der Waals surface area contributed by atoms with E-state index >= 15 is 0 Å². The Bertz CT molecular complexity index is 532. The van der Waals surface area contributed by atoms with Crippen molar-refractivity contribution in [1.29, 1.82) is 0 Å². The third-order valence-electron chi connectivity index (χ3n) is 2.28. The molecule has 80 valence electrons. The van der Waals surface area contributed by atoms with Gasteiger partial charge in [-0.3, -0.25) is 0 Å². The van der Waals surface area contributed by atoms with Crippen LogP contribution in [0.4, 0.5) is 4.39 Å². The van der Waals surface area contributed by atoms with Crippen molar-refractivity contribution in [3.05, 3.63) is 35.0 Å². The number of aliphatic hydroxyl groups excluding tert-OH is 1. The first-order valence-electron chi connectivity index (χ1n) is 4.41. The molecule has 0 aliphatic carbocycles. The van der Waals surface area contributed by atoms with Crippen LogP contribution in [0.3, 0.4) is 0 Å². The number of rotatable bonds is 2. The molecule has 1 aromatic rings. The summed E-state index contributed by atoms with van der Waals surface area (Å²) >= 11 is 0. The molecule has 3 nitrogen and oxygen atoms in total. The van der Waals surface area contributed by atoms with Crippen LogP contribution in [0.1, 0.15) is 12.0 Å². The van der Waals surface area contributed by atoms with Gasteiger partial charge >= 0.3 is 0 Å². The number of fused-ring (bicyclic) bond motifs is 1. The molecule has 1 heterocycles. The number of aliphatic hydroxyl groups is 1. The summed E-state index contributed by atoms with van der Waals surface area (Å²) in [6.07, 6.45) is 0.146. The Kier molecular flexibility index (Phi) is 2.36. The number of sulfone groups is 1. The standard InChI is InChI=1S/C10H9FO3S/c11-8-2-1-3-9-10(8)7(4-5-12)6-15(9,13)14/h1-3,6,12H,4-5H2.